The molecule has 33 heavy (non-hydrogen) atoms. The number of hydrogen-bond acceptors (Lipinski definition) is 5. The number of carbonyl (C=O) groups excluding carboxylic acids is 2. The Bertz CT molecular complexity index is 1250. The first-order chi connectivity index (χ1) is 15.7. The highest BCUT2D eigenvalue weighted by Crippen LogP contribution is 2.35. The smallest absolute Gasteiger partial charge is 0.497 e. The number of halogens is 3. The van der Waals surface area contributed by atoms with Crippen LogP contribution in [-0.4, -0.2) is 47.8 Å². The second kappa shape index (κ2) is 7.80. The summed E-state index contributed by atoms with van der Waals surface area (Å²) in [6, 6.07) is 10.3. The third-order valence-corrected chi connectivity index (χ3v) is 6.08. The second-order valence-corrected chi connectivity index (χ2v) is 8.05. The fraction of sp³-hybridized carbons (Fsp3) is 0.304. The first kappa shape index (κ1) is 21.3. The maximum Gasteiger partial charge on any atom is 0.573 e. The Morgan fingerprint density at radius 3 is 2.67 bits per heavy atom. The molecule has 0 spiro atoms. The molecule has 1 atom stereocenters. The lowest BCUT2D eigenvalue weighted by Gasteiger charge is -2.31. The Morgan fingerprint density at radius 1 is 1.09 bits per heavy atom. The molecule has 2 aromatic carbocycles. The Balaban J connectivity index is 1.41. The Labute approximate surface area is 186 Å². The van der Waals surface area contributed by atoms with Gasteiger partial charge in [-0.05, 0) is 35.9 Å². The van der Waals surface area contributed by atoms with Crippen molar-refractivity contribution < 1.29 is 32.2 Å². The van der Waals surface area contributed by atoms with Gasteiger partial charge in [-0.1, -0.05) is 6.07 Å². The van der Waals surface area contributed by atoms with Crippen LogP contribution < -0.4 is 14.4 Å². The van der Waals surface area contributed by atoms with Gasteiger partial charge in [-0.15, -0.1) is 13.2 Å². The number of H-pyrrole nitrogens is 1. The summed E-state index contributed by atoms with van der Waals surface area (Å²) in [5.74, 6) is -0.387. The van der Waals surface area contributed by atoms with E-state index in [1.54, 1.807) is 30.3 Å². The fourth-order valence-electron chi connectivity index (χ4n) is 4.60. The minimum Gasteiger partial charge on any atom is -0.497 e. The van der Waals surface area contributed by atoms with Gasteiger partial charge in [0.15, 0.2) is 0 Å². The predicted molar refractivity (Wildman–Crippen MR) is 113 cm³/mol. The monoisotopic (exact) mass is 459 g/mol. The standard InChI is InChI=1S/C23H20F3N3O4/c1-32-14-4-2-3-13(9-14)29-21(30)11-20(22(29)31)28-8-7-19-17(12-28)16-10-15(33-23(24,25)26)5-6-18(16)27-19/h2-6,9-10,20,27H,7-8,11-12H2,1H3/t20-/m0/s1. The van der Waals surface area contributed by atoms with Gasteiger partial charge < -0.3 is 14.5 Å². The van der Waals surface area contributed by atoms with Crippen molar-refractivity contribution in [2.75, 3.05) is 18.6 Å². The highest BCUT2D eigenvalue weighted by atomic mass is 19.4. The summed E-state index contributed by atoms with van der Waals surface area (Å²) in [7, 11) is 1.51. The van der Waals surface area contributed by atoms with Crippen LogP contribution in [0.3, 0.4) is 0 Å². The molecule has 0 radical (unpaired) electrons. The number of alkyl halides is 3. The Kier molecular flexibility index (Phi) is 5.04. The van der Waals surface area contributed by atoms with Crippen molar-refractivity contribution in [3.05, 3.63) is 53.7 Å². The molecular weight excluding hydrogens is 439 g/mol. The maximum atomic E-state index is 13.2. The molecule has 1 aromatic heterocycles. The van der Waals surface area contributed by atoms with E-state index < -0.39 is 12.4 Å². The van der Waals surface area contributed by atoms with E-state index in [4.69, 9.17) is 4.74 Å². The van der Waals surface area contributed by atoms with Crippen LogP contribution >= 0.6 is 0 Å². The van der Waals surface area contributed by atoms with Crippen LogP contribution in [0.2, 0.25) is 0 Å². The first-order valence-electron chi connectivity index (χ1n) is 10.4. The predicted octanol–water partition coefficient (Wildman–Crippen LogP) is 3.77. The van der Waals surface area contributed by atoms with Gasteiger partial charge in [0, 0.05) is 42.2 Å². The molecule has 7 nitrogen and oxygen atoms in total. The van der Waals surface area contributed by atoms with Crippen molar-refractivity contribution in [1.29, 1.82) is 0 Å². The van der Waals surface area contributed by atoms with Gasteiger partial charge in [0.1, 0.15) is 11.5 Å². The quantitative estimate of drug-likeness (QED) is 0.602. The van der Waals surface area contributed by atoms with Gasteiger partial charge in [0.25, 0.3) is 5.91 Å². The highest BCUT2D eigenvalue weighted by Gasteiger charge is 2.44. The van der Waals surface area contributed by atoms with Crippen molar-refractivity contribution in [3.8, 4) is 11.5 Å². The number of hydrogen-bond donors (Lipinski definition) is 1. The average Bonchev–Trinajstić information content (AvgIpc) is 3.28. The number of imide groups is 1. The lowest BCUT2D eigenvalue weighted by atomic mass is 10.0. The molecule has 1 saturated heterocycles. The lowest BCUT2D eigenvalue weighted by Crippen LogP contribution is -2.44. The van der Waals surface area contributed by atoms with Crippen LogP contribution in [0, 0.1) is 0 Å². The summed E-state index contributed by atoms with van der Waals surface area (Å²) in [5.41, 5.74) is 2.87. The van der Waals surface area contributed by atoms with Crippen LogP contribution in [0.5, 0.6) is 11.5 Å². The largest absolute Gasteiger partial charge is 0.573 e. The number of fused-ring (bicyclic) bond motifs is 3. The molecule has 172 valence electrons. The number of ether oxygens (including phenoxy) is 2. The average molecular weight is 459 g/mol. The molecule has 0 saturated carbocycles. The summed E-state index contributed by atoms with van der Waals surface area (Å²) >= 11 is 0. The summed E-state index contributed by atoms with van der Waals surface area (Å²) in [6.45, 7) is 0.877. The number of anilines is 1. The van der Waals surface area contributed by atoms with E-state index in [-0.39, 0.29) is 24.0 Å². The number of aromatic amines is 1. The Hall–Kier alpha value is -3.53. The van der Waals surface area contributed by atoms with E-state index in [1.807, 2.05) is 4.90 Å². The second-order valence-electron chi connectivity index (χ2n) is 8.05. The number of rotatable bonds is 4. The molecule has 0 unspecified atom stereocenters. The molecule has 5 rings (SSSR count). The molecule has 1 N–H and O–H groups in total. The van der Waals surface area contributed by atoms with Crippen LogP contribution in [0.4, 0.5) is 18.9 Å². The van der Waals surface area contributed by atoms with E-state index in [1.165, 1.54) is 24.1 Å². The van der Waals surface area contributed by atoms with Gasteiger partial charge in [-0.3, -0.25) is 14.5 Å². The topological polar surface area (TPSA) is 74.9 Å². The minimum atomic E-state index is -4.78. The van der Waals surface area contributed by atoms with E-state index in [0.717, 1.165) is 11.3 Å². The van der Waals surface area contributed by atoms with Crippen molar-refractivity contribution >= 4 is 28.4 Å². The van der Waals surface area contributed by atoms with Crippen molar-refractivity contribution in [2.45, 2.75) is 31.8 Å². The molecule has 2 aliphatic rings. The molecule has 10 heteroatoms. The SMILES string of the molecule is COc1cccc(N2C(=O)C[C@H](N3CCc4[nH]c5ccc(OC(F)(F)F)cc5c4C3)C2=O)c1. The van der Waals surface area contributed by atoms with Gasteiger partial charge in [0.05, 0.1) is 25.3 Å². The summed E-state index contributed by atoms with van der Waals surface area (Å²) in [6.07, 6.45) is -4.16. The normalized spacial score (nSPS) is 19.3. The van der Waals surface area contributed by atoms with Crippen molar-refractivity contribution in [2.24, 2.45) is 0 Å². The molecule has 2 amide bonds. The summed E-state index contributed by atoms with van der Waals surface area (Å²) in [5, 5.41) is 0.609. The minimum absolute atomic E-state index is 0.0379. The van der Waals surface area contributed by atoms with E-state index in [0.29, 0.717) is 41.9 Å². The van der Waals surface area contributed by atoms with Crippen molar-refractivity contribution in [3.63, 3.8) is 0 Å². The first-order valence-corrected chi connectivity index (χ1v) is 10.4. The van der Waals surface area contributed by atoms with Gasteiger partial charge in [-0.2, -0.15) is 0 Å². The van der Waals surface area contributed by atoms with Crippen molar-refractivity contribution in [1.82, 2.24) is 9.88 Å². The number of nitrogens with one attached hydrogen (secondary N) is 1. The van der Waals surface area contributed by atoms with Gasteiger partial charge in [-0.25, -0.2) is 4.90 Å². The fourth-order valence-corrected chi connectivity index (χ4v) is 4.60. The molecule has 3 heterocycles. The number of nitrogens with zero attached hydrogens (tertiary/aromatic N) is 2. The van der Waals surface area contributed by atoms with Crippen LogP contribution in [-0.2, 0) is 22.6 Å². The molecule has 3 aromatic rings. The summed E-state index contributed by atoms with van der Waals surface area (Å²) in [4.78, 5) is 32.3. The highest BCUT2D eigenvalue weighted by molar-refractivity contribution is 6.22. The van der Waals surface area contributed by atoms with E-state index in [2.05, 4.69) is 9.72 Å². The zero-order valence-corrected chi connectivity index (χ0v) is 17.6. The zero-order valence-electron chi connectivity index (χ0n) is 17.6. The van der Waals surface area contributed by atoms with E-state index in [9.17, 15) is 22.8 Å². The number of methoxy groups -OCH3 is 1. The van der Waals surface area contributed by atoms with Crippen LogP contribution in [0.1, 0.15) is 17.7 Å². The third kappa shape index (κ3) is 3.91. The molecule has 0 bridgehead atoms. The number of carbonyl (C=O) groups is 2. The van der Waals surface area contributed by atoms with Crippen LogP contribution in [0.15, 0.2) is 42.5 Å². The number of aromatic nitrogens is 1. The zero-order chi connectivity index (χ0) is 23.3. The number of benzene rings is 2. The van der Waals surface area contributed by atoms with Gasteiger partial charge in [0.2, 0.25) is 5.91 Å². The van der Waals surface area contributed by atoms with E-state index >= 15 is 0 Å². The third-order valence-electron chi connectivity index (χ3n) is 6.08. The molecule has 0 aliphatic carbocycles. The lowest BCUT2D eigenvalue weighted by molar-refractivity contribution is -0.274. The number of amides is 2. The van der Waals surface area contributed by atoms with Crippen LogP contribution in [0.25, 0.3) is 10.9 Å². The van der Waals surface area contributed by atoms with Gasteiger partial charge >= 0.3 is 6.36 Å². The molecule has 1 fully saturated rings. The molecular formula is C23H20F3N3O4. The molecule has 2 aliphatic heterocycles. The Morgan fingerprint density at radius 2 is 1.91 bits per heavy atom. The maximum absolute atomic E-state index is 13.2. The summed E-state index contributed by atoms with van der Waals surface area (Å²) < 4.78 is 47.2.